The molecule has 4 rings (SSSR count). The molecule has 0 fully saturated rings. The van der Waals surface area contributed by atoms with Gasteiger partial charge in [-0.1, -0.05) is 24.8 Å². The molecule has 6 heteroatoms. The summed E-state index contributed by atoms with van der Waals surface area (Å²) in [4.78, 5) is 15.8. The average Bonchev–Trinajstić information content (AvgIpc) is 3.17. The number of aromatic amines is 1. The number of amides is 1. The molecular weight excluding hydrogens is 364 g/mol. The van der Waals surface area contributed by atoms with Crippen molar-refractivity contribution in [2.75, 3.05) is 5.32 Å². The highest BCUT2D eigenvalue weighted by atomic mass is 16.5. The van der Waals surface area contributed by atoms with Crippen molar-refractivity contribution in [1.82, 2.24) is 15.2 Å². The first-order valence-electron chi connectivity index (χ1n) is 9.23. The number of rotatable bonds is 6. The molecule has 0 aliphatic heterocycles. The maximum Gasteiger partial charge on any atom is 0.247 e. The smallest absolute Gasteiger partial charge is 0.247 e. The zero-order valence-corrected chi connectivity index (χ0v) is 15.9. The van der Waals surface area contributed by atoms with Crippen molar-refractivity contribution in [2.45, 2.75) is 13.0 Å². The fourth-order valence-corrected chi connectivity index (χ4v) is 3.16. The highest BCUT2D eigenvalue weighted by molar-refractivity contribution is 6.04. The SMILES string of the molecule is C=CC(=O)Nc1ccccc1-c1n[nH]c2ccc(OC(C)c3ccncc3)cc12. The highest BCUT2D eigenvalue weighted by Gasteiger charge is 2.15. The van der Waals surface area contributed by atoms with Crippen molar-refractivity contribution in [3.8, 4) is 17.0 Å². The van der Waals surface area contributed by atoms with Crippen LogP contribution < -0.4 is 10.1 Å². The minimum Gasteiger partial charge on any atom is -0.486 e. The van der Waals surface area contributed by atoms with Crippen molar-refractivity contribution in [3.63, 3.8) is 0 Å². The standard InChI is InChI=1S/C23H20N4O2/c1-3-22(28)25-20-7-5-4-6-18(20)23-19-14-17(8-9-21(19)26-27-23)29-15(2)16-10-12-24-13-11-16/h3-15H,1H2,2H3,(H,25,28)(H,26,27). The molecule has 2 aromatic heterocycles. The predicted molar refractivity (Wildman–Crippen MR) is 114 cm³/mol. The summed E-state index contributed by atoms with van der Waals surface area (Å²) in [5.41, 5.74) is 4.15. The number of carbonyl (C=O) groups excluding carboxylic acids is 1. The Morgan fingerprint density at radius 3 is 2.76 bits per heavy atom. The number of anilines is 1. The number of nitrogens with zero attached hydrogens (tertiary/aromatic N) is 2. The van der Waals surface area contributed by atoms with Crippen LogP contribution in [0.3, 0.4) is 0 Å². The van der Waals surface area contributed by atoms with E-state index in [1.165, 1.54) is 6.08 Å². The van der Waals surface area contributed by atoms with E-state index in [-0.39, 0.29) is 12.0 Å². The Hall–Kier alpha value is -3.93. The summed E-state index contributed by atoms with van der Waals surface area (Å²) in [5, 5.41) is 11.3. The number of nitrogens with one attached hydrogen (secondary N) is 2. The second-order valence-electron chi connectivity index (χ2n) is 6.56. The Morgan fingerprint density at radius 1 is 1.17 bits per heavy atom. The van der Waals surface area contributed by atoms with Crippen LogP contribution in [0.1, 0.15) is 18.6 Å². The van der Waals surface area contributed by atoms with Gasteiger partial charge in [0.05, 0.1) is 11.2 Å². The number of pyridine rings is 1. The number of aromatic nitrogens is 3. The molecule has 1 amide bonds. The lowest BCUT2D eigenvalue weighted by molar-refractivity contribution is -0.111. The molecule has 0 saturated heterocycles. The molecular formula is C23H20N4O2. The second kappa shape index (κ2) is 7.98. The number of H-pyrrole nitrogens is 1. The van der Waals surface area contributed by atoms with E-state index in [9.17, 15) is 4.79 Å². The lowest BCUT2D eigenvalue weighted by Gasteiger charge is -2.15. The molecule has 144 valence electrons. The molecule has 2 aromatic carbocycles. The molecule has 2 heterocycles. The number of carbonyl (C=O) groups is 1. The molecule has 29 heavy (non-hydrogen) atoms. The monoisotopic (exact) mass is 384 g/mol. The van der Waals surface area contributed by atoms with Gasteiger partial charge in [-0.3, -0.25) is 14.9 Å². The minimum atomic E-state index is -0.271. The van der Waals surface area contributed by atoms with Gasteiger partial charge in [-0.25, -0.2) is 0 Å². The van der Waals surface area contributed by atoms with Crippen LogP contribution in [0.2, 0.25) is 0 Å². The number of para-hydroxylation sites is 1. The Bertz CT molecular complexity index is 1170. The maximum absolute atomic E-state index is 11.8. The van der Waals surface area contributed by atoms with E-state index in [2.05, 4.69) is 27.1 Å². The number of benzene rings is 2. The lowest BCUT2D eigenvalue weighted by Crippen LogP contribution is -2.08. The topological polar surface area (TPSA) is 79.9 Å². The molecule has 6 nitrogen and oxygen atoms in total. The predicted octanol–water partition coefficient (Wildman–Crippen LogP) is 4.89. The molecule has 0 radical (unpaired) electrons. The van der Waals surface area contributed by atoms with E-state index in [4.69, 9.17) is 4.74 Å². The van der Waals surface area contributed by atoms with Crippen LogP contribution >= 0.6 is 0 Å². The van der Waals surface area contributed by atoms with E-state index in [0.29, 0.717) is 5.69 Å². The molecule has 0 spiro atoms. The highest BCUT2D eigenvalue weighted by Crippen LogP contribution is 2.34. The first kappa shape index (κ1) is 18.4. The fraction of sp³-hybridized carbons (Fsp3) is 0.0870. The van der Waals surface area contributed by atoms with Gasteiger partial charge in [0, 0.05) is 23.3 Å². The first-order valence-corrected chi connectivity index (χ1v) is 9.23. The average molecular weight is 384 g/mol. The van der Waals surface area contributed by atoms with Gasteiger partial charge in [0.25, 0.3) is 0 Å². The van der Waals surface area contributed by atoms with Crippen molar-refractivity contribution >= 4 is 22.5 Å². The van der Waals surface area contributed by atoms with E-state index < -0.39 is 0 Å². The molecule has 0 aliphatic carbocycles. The number of fused-ring (bicyclic) bond motifs is 1. The van der Waals surface area contributed by atoms with Gasteiger partial charge in [0.15, 0.2) is 0 Å². The third kappa shape index (κ3) is 3.87. The zero-order chi connectivity index (χ0) is 20.2. The Morgan fingerprint density at radius 2 is 1.97 bits per heavy atom. The van der Waals surface area contributed by atoms with E-state index >= 15 is 0 Å². The number of hydrogen-bond donors (Lipinski definition) is 2. The van der Waals surface area contributed by atoms with E-state index in [0.717, 1.165) is 33.5 Å². The normalized spacial score (nSPS) is 11.8. The number of ether oxygens (including phenoxy) is 1. The molecule has 2 N–H and O–H groups in total. The zero-order valence-electron chi connectivity index (χ0n) is 15.9. The summed E-state index contributed by atoms with van der Waals surface area (Å²) in [6, 6.07) is 17.2. The molecule has 1 unspecified atom stereocenters. The quantitative estimate of drug-likeness (QED) is 0.464. The maximum atomic E-state index is 11.8. The van der Waals surface area contributed by atoms with Gasteiger partial charge in [-0.2, -0.15) is 5.10 Å². The molecule has 0 aliphatic rings. The van der Waals surface area contributed by atoms with Crippen molar-refractivity contribution in [1.29, 1.82) is 0 Å². The van der Waals surface area contributed by atoms with Crippen LogP contribution in [-0.4, -0.2) is 21.1 Å². The van der Waals surface area contributed by atoms with Gasteiger partial charge in [-0.15, -0.1) is 0 Å². The summed E-state index contributed by atoms with van der Waals surface area (Å²) in [7, 11) is 0. The van der Waals surface area contributed by atoms with Crippen molar-refractivity contribution in [3.05, 3.63) is 85.2 Å². The molecule has 4 aromatic rings. The van der Waals surface area contributed by atoms with Crippen LogP contribution in [0.5, 0.6) is 5.75 Å². The fourth-order valence-electron chi connectivity index (χ4n) is 3.16. The van der Waals surface area contributed by atoms with E-state index in [1.807, 2.05) is 61.5 Å². The Labute approximate surface area is 168 Å². The first-order chi connectivity index (χ1) is 14.2. The third-order valence-electron chi connectivity index (χ3n) is 4.65. The summed E-state index contributed by atoms with van der Waals surface area (Å²) in [6.45, 7) is 5.50. The van der Waals surface area contributed by atoms with Crippen LogP contribution in [0.4, 0.5) is 5.69 Å². The minimum absolute atomic E-state index is 0.120. The Balaban J connectivity index is 1.70. The third-order valence-corrected chi connectivity index (χ3v) is 4.65. The summed E-state index contributed by atoms with van der Waals surface area (Å²) < 4.78 is 6.13. The van der Waals surface area contributed by atoms with Crippen molar-refractivity contribution < 1.29 is 9.53 Å². The molecule has 0 bridgehead atoms. The van der Waals surface area contributed by atoms with Crippen LogP contribution in [-0.2, 0) is 4.79 Å². The van der Waals surface area contributed by atoms with Crippen molar-refractivity contribution in [2.24, 2.45) is 0 Å². The summed E-state index contributed by atoms with van der Waals surface area (Å²) >= 11 is 0. The molecule has 0 saturated carbocycles. The Kier molecular flexibility index (Phi) is 5.07. The van der Waals surface area contributed by atoms with Crippen LogP contribution in [0.15, 0.2) is 79.6 Å². The second-order valence-corrected chi connectivity index (χ2v) is 6.56. The van der Waals surface area contributed by atoms with Gasteiger partial charge in [0.2, 0.25) is 5.91 Å². The van der Waals surface area contributed by atoms with Crippen LogP contribution in [0, 0.1) is 0 Å². The van der Waals surface area contributed by atoms with Gasteiger partial charge < -0.3 is 10.1 Å². The number of hydrogen-bond acceptors (Lipinski definition) is 4. The lowest BCUT2D eigenvalue weighted by atomic mass is 10.1. The van der Waals surface area contributed by atoms with Gasteiger partial charge in [-0.05, 0) is 55.0 Å². The van der Waals surface area contributed by atoms with Crippen LogP contribution in [0.25, 0.3) is 22.2 Å². The molecule has 1 atom stereocenters. The summed E-state index contributed by atoms with van der Waals surface area (Å²) in [5.74, 6) is 0.463. The van der Waals surface area contributed by atoms with Gasteiger partial charge >= 0.3 is 0 Å². The summed E-state index contributed by atoms with van der Waals surface area (Å²) in [6.07, 6.45) is 4.62. The van der Waals surface area contributed by atoms with E-state index in [1.54, 1.807) is 12.4 Å². The largest absolute Gasteiger partial charge is 0.486 e. The van der Waals surface area contributed by atoms with Gasteiger partial charge in [0.1, 0.15) is 17.5 Å².